The minimum atomic E-state index is -0.333. The van der Waals surface area contributed by atoms with Crippen LogP contribution in [0.3, 0.4) is 0 Å². The molecule has 0 aliphatic carbocycles. The Balaban J connectivity index is 1.79. The van der Waals surface area contributed by atoms with Crippen LogP contribution in [0.2, 0.25) is 0 Å². The number of methoxy groups -OCH3 is 1. The molecule has 0 saturated carbocycles. The summed E-state index contributed by atoms with van der Waals surface area (Å²) in [5.74, 6) is 0.151. The Kier molecular flexibility index (Phi) is 5.41. The van der Waals surface area contributed by atoms with Gasteiger partial charge in [-0.1, -0.05) is 30.3 Å². The number of hydrogen-bond donors (Lipinski definition) is 2. The Labute approximate surface area is 158 Å². The first-order chi connectivity index (χ1) is 13.0. The molecule has 0 saturated heterocycles. The Bertz CT molecular complexity index is 998. The fraction of sp³-hybridized carbons (Fsp3) is 0.182. The van der Waals surface area contributed by atoms with Gasteiger partial charge in [0.2, 0.25) is 5.91 Å². The van der Waals surface area contributed by atoms with E-state index >= 15 is 0 Å². The highest BCUT2D eigenvalue weighted by Crippen LogP contribution is 2.26. The fourth-order valence-corrected chi connectivity index (χ4v) is 2.92. The van der Waals surface area contributed by atoms with Crippen molar-refractivity contribution in [3.8, 4) is 5.75 Å². The number of nitrogens with one attached hydrogen (secondary N) is 2. The number of benzene rings is 3. The third kappa shape index (κ3) is 4.08. The number of anilines is 1. The number of ether oxygens (including phenoxy) is 1. The van der Waals surface area contributed by atoms with Gasteiger partial charge in [-0.2, -0.15) is 0 Å². The van der Waals surface area contributed by atoms with Gasteiger partial charge < -0.3 is 15.4 Å². The lowest BCUT2D eigenvalue weighted by atomic mass is 9.97. The molecule has 1 atom stereocenters. The summed E-state index contributed by atoms with van der Waals surface area (Å²) >= 11 is 0. The summed E-state index contributed by atoms with van der Waals surface area (Å²) in [4.78, 5) is 24.4. The second kappa shape index (κ2) is 7.91. The first-order valence-electron chi connectivity index (χ1n) is 8.72. The zero-order chi connectivity index (χ0) is 19.4. The largest absolute Gasteiger partial charge is 0.497 e. The van der Waals surface area contributed by atoms with Gasteiger partial charge in [0.05, 0.1) is 13.0 Å². The van der Waals surface area contributed by atoms with Crippen LogP contribution in [0.4, 0.5) is 5.69 Å². The molecule has 0 unspecified atom stereocenters. The van der Waals surface area contributed by atoms with Crippen molar-refractivity contribution in [3.63, 3.8) is 0 Å². The molecule has 0 heterocycles. The molecule has 0 aliphatic rings. The lowest BCUT2D eigenvalue weighted by molar-refractivity contribution is -0.117. The SMILES string of the molecule is CNC(=O)c1cccc(NC(=O)[C@@H](C)c2ccc3cc(OC)ccc3c2)c1. The predicted octanol–water partition coefficient (Wildman–Crippen LogP) is 3.95. The molecule has 0 fully saturated rings. The van der Waals surface area contributed by atoms with Crippen LogP contribution in [-0.2, 0) is 4.79 Å². The molecule has 0 aromatic heterocycles. The molecule has 5 nitrogen and oxygen atoms in total. The monoisotopic (exact) mass is 362 g/mol. The summed E-state index contributed by atoms with van der Waals surface area (Å²) in [5.41, 5.74) is 2.02. The average molecular weight is 362 g/mol. The standard InChI is InChI=1S/C22H22N2O3/c1-14(15-7-8-17-13-20(27-3)10-9-16(17)11-15)21(25)24-19-6-4-5-18(12-19)22(26)23-2/h4-14H,1-3H3,(H,23,26)(H,24,25)/t14-/m0/s1. The zero-order valence-electron chi connectivity index (χ0n) is 15.6. The molecule has 0 bridgehead atoms. The summed E-state index contributed by atoms with van der Waals surface area (Å²) in [6.45, 7) is 1.86. The van der Waals surface area contributed by atoms with Gasteiger partial charge in [0.25, 0.3) is 5.91 Å². The number of fused-ring (bicyclic) bond motifs is 1. The Hall–Kier alpha value is -3.34. The Morgan fingerprint density at radius 1 is 0.963 bits per heavy atom. The smallest absolute Gasteiger partial charge is 0.251 e. The van der Waals surface area contributed by atoms with Gasteiger partial charge in [0.15, 0.2) is 0 Å². The number of hydrogen-bond acceptors (Lipinski definition) is 3. The lowest BCUT2D eigenvalue weighted by Crippen LogP contribution is -2.20. The molecule has 5 heteroatoms. The van der Waals surface area contributed by atoms with E-state index in [1.807, 2.05) is 43.3 Å². The highest BCUT2D eigenvalue weighted by molar-refractivity contribution is 5.99. The van der Waals surface area contributed by atoms with Crippen LogP contribution in [-0.4, -0.2) is 26.0 Å². The third-order valence-corrected chi connectivity index (χ3v) is 4.58. The first kappa shape index (κ1) is 18.5. The van der Waals surface area contributed by atoms with E-state index in [9.17, 15) is 9.59 Å². The summed E-state index contributed by atoms with van der Waals surface area (Å²) in [7, 11) is 3.21. The summed E-state index contributed by atoms with van der Waals surface area (Å²) in [6.07, 6.45) is 0. The highest BCUT2D eigenvalue weighted by atomic mass is 16.5. The normalized spacial score (nSPS) is 11.7. The van der Waals surface area contributed by atoms with Crippen LogP contribution < -0.4 is 15.4 Å². The van der Waals surface area contributed by atoms with Crippen LogP contribution in [0.25, 0.3) is 10.8 Å². The van der Waals surface area contributed by atoms with Gasteiger partial charge in [0, 0.05) is 18.3 Å². The lowest BCUT2D eigenvalue weighted by Gasteiger charge is -2.14. The molecular weight excluding hydrogens is 340 g/mol. The number of carbonyl (C=O) groups is 2. The predicted molar refractivity (Wildman–Crippen MR) is 107 cm³/mol. The molecule has 27 heavy (non-hydrogen) atoms. The quantitative estimate of drug-likeness (QED) is 0.722. The topological polar surface area (TPSA) is 67.4 Å². The maximum Gasteiger partial charge on any atom is 0.251 e. The molecule has 3 rings (SSSR count). The van der Waals surface area contributed by atoms with E-state index in [0.717, 1.165) is 22.1 Å². The van der Waals surface area contributed by atoms with Crippen molar-refractivity contribution in [1.82, 2.24) is 5.32 Å². The minimum absolute atomic E-state index is 0.128. The number of carbonyl (C=O) groups excluding carboxylic acids is 2. The molecule has 138 valence electrons. The molecule has 3 aromatic rings. The van der Waals surface area contributed by atoms with Gasteiger partial charge in [-0.3, -0.25) is 9.59 Å². The second-order valence-corrected chi connectivity index (χ2v) is 6.34. The molecule has 2 N–H and O–H groups in total. The van der Waals surface area contributed by atoms with Crippen LogP contribution >= 0.6 is 0 Å². The van der Waals surface area contributed by atoms with Crippen LogP contribution in [0.1, 0.15) is 28.8 Å². The summed E-state index contributed by atoms with van der Waals surface area (Å²) < 4.78 is 5.25. The van der Waals surface area contributed by atoms with E-state index in [2.05, 4.69) is 10.6 Å². The van der Waals surface area contributed by atoms with Crippen molar-refractivity contribution in [2.45, 2.75) is 12.8 Å². The van der Waals surface area contributed by atoms with Gasteiger partial charge in [-0.15, -0.1) is 0 Å². The van der Waals surface area contributed by atoms with E-state index in [-0.39, 0.29) is 17.7 Å². The number of rotatable bonds is 5. The first-order valence-corrected chi connectivity index (χ1v) is 8.72. The van der Waals surface area contributed by atoms with Crippen molar-refractivity contribution in [3.05, 3.63) is 71.8 Å². The van der Waals surface area contributed by atoms with Gasteiger partial charge in [0.1, 0.15) is 5.75 Å². The maximum absolute atomic E-state index is 12.7. The zero-order valence-corrected chi connectivity index (χ0v) is 15.6. The van der Waals surface area contributed by atoms with E-state index in [0.29, 0.717) is 11.3 Å². The van der Waals surface area contributed by atoms with Crippen LogP contribution in [0.15, 0.2) is 60.7 Å². The van der Waals surface area contributed by atoms with Crippen molar-refractivity contribution in [2.75, 3.05) is 19.5 Å². The second-order valence-electron chi connectivity index (χ2n) is 6.34. The molecule has 0 radical (unpaired) electrons. The van der Waals surface area contributed by atoms with Crippen molar-refractivity contribution in [1.29, 1.82) is 0 Å². The molecule has 3 aromatic carbocycles. The maximum atomic E-state index is 12.7. The minimum Gasteiger partial charge on any atom is -0.497 e. The summed E-state index contributed by atoms with van der Waals surface area (Å²) in [6, 6.07) is 18.7. The Morgan fingerprint density at radius 3 is 2.44 bits per heavy atom. The summed E-state index contributed by atoms with van der Waals surface area (Å²) in [5, 5.41) is 7.57. The van der Waals surface area contributed by atoms with Gasteiger partial charge in [-0.05, 0) is 53.6 Å². The third-order valence-electron chi connectivity index (χ3n) is 4.58. The van der Waals surface area contributed by atoms with Crippen molar-refractivity contribution >= 4 is 28.3 Å². The van der Waals surface area contributed by atoms with Gasteiger partial charge >= 0.3 is 0 Å². The Morgan fingerprint density at radius 2 is 1.70 bits per heavy atom. The van der Waals surface area contributed by atoms with E-state index in [1.165, 1.54) is 0 Å². The van der Waals surface area contributed by atoms with Crippen molar-refractivity contribution in [2.24, 2.45) is 0 Å². The van der Waals surface area contributed by atoms with Crippen molar-refractivity contribution < 1.29 is 14.3 Å². The van der Waals surface area contributed by atoms with Crippen LogP contribution in [0.5, 0.6) is 5.75 Å². The molecule has 0 aliphatic heterocycles. The van der Waals surface area contributed by atoms with E-state index < -0.39 is 0 Å². The van der Waals surface area contributed by atoms with Crippen LogP contribution in [0, 0.1) is 0 Å². The number of amides is 2. The molecular formula is C22H22N2O3. The highest BCUT2D eigenvalue weighted by Gasteiger charge is 2.16. The molecule has 0 spiro atoms. The van der Waals surface area contributed by atoms with E-state index in [4.69, 9.17) is 4.74 Å². The average Bonchev–Trinajstić information content (AvgIpc) is 2.71. The molecule has 2 amide bonds. The fourth-order valence-electron chi connectivity index (χ4n) is 2.92. The van der Waals surface area contributed by atoms with Gasteiger partial charge in [-0.25, -0.2) is 0 Å². The van der Waals surface area contributed by atoms with E-state index in [1.54, 1.807) is 38.4 Å².